The largest absolute Gasteiger partial charge is 0.405 e. The van der Waals surface area contributed by atoms with Crippen molar-refractivity contribution in [2.75, 3.05) is 13.7 Å². The van der Waals surface area contributed by atoms with Crippen LogP contribution in [0.4, 0.5) is 0 Å². The van der Waals surface area contributed by atoms with Crippen molar-refractivity contribution in [3.05, 3.63) is 121 Å². The van der Waals surface area contributed by atoms with Crippen LogP contribution in [0.25, 0.3) is 0 Å². The van der Waals surface area contributed by atoms with Gasteiger partial charge in [-0.2, -0.15) is 0 Å². The van der Waals surface area contributed by atoms with E-state index in [4.69, 9.17) is 18.3 Å². The molecule has 0 radical (unpaired) electrons. The highest BCUT2D eigenvalue weighted by Gasteiger charge is 2.57. The van der Waals surface area contributed by atoms with E-state index in [1.165, 1.54) is 7.11 Å². The van der Waals surface area contributed by atoms with Crippen LogP contribution in [0.5, 0.6) is 0 Å². The fourth-order valence-corrected chi connectivity index (χ4v) is 16.5. The van der Waals surface area contributed by atoms with Crippen molar-refractivity contribution in [2.45, 2.75) is 82.3 Å². The van der Waals surface area contributed by atoms with Crippen LogP contribution in [-0.2, 0) is 18.3 Å². The van der Waals surface area contributed by atoms with Gasteiger partial charge in [-0.25, -0.2) is 0 Å². The Kier molecular flexibility index (Phi) is 10.7. The standard InChI is InChI=1S/C39H50O6Si2/c1-38(2,3)46(29-20-12-8-13-21-29,30-22-14-9-15-23-30)43-28-33-36(34(40)35(41)37(42-7)44-33)45-47(39(4,5)6,31-24-16-10-17-25-31)32-26-18-11-19-27-32/h8-27,33-37,40-41H,28H2,1-7H3/t33-,34-,35+,36-,37+/m1/s1. The summed E-state index contributed by atoms with van der Waals surface area (Å²) in [6, 6.07) is 41.5. The molecule has 1 fully saturated rings. The van der Waals surface area contributed by atoms with Gasteiger partial charge in [0, 0.05) is 7.11 Å². The molecule has 0 unspecified atom stereocenters. The smallest absolute Gasteiger partial charge is 0.261 e. The van der Waals surface area contributed by atoms with Gasteiger partial charge in [0.15, 0.2) is 6.29 Å². The Morgan fingerprint density at radius 3 is 1.28 bits per heavy atom. The summed E-state index contributed by atoms with van der Waals surface area (Å²) in [6.45, 7) is 13.4. The van der Waals surface area contributed by atoms with E-state index < -0.39 is 47.3 Å². The molecule has 0 saturated carbocycles. The van der Waals surface area contributed by atoms with Crippen molar-refractivity contribution in [2.24, 2.45) is 0 Å². The van der Waals surface area contributed by atoms with Crippen molar-refractivity contribution >= 4 is 37.4 Å². The molecule has 2 N–H and O–H groups in total. The first kappa shape index (κ1) is 35.4. The molecule has 0 bridgehead atoms. The van der Waals surface area contributed by atoms with Gasteiger partial charge in [0.2, 0.25) is 0 Å². The lowest BCUT2D eigenvalue weighted by molar-refractivity contribution is -0.290. The summed E-state index contributed by atoms with van der Waals surface area (Å²) in [6.07, 6.45) is -5.31. The summed E-state index contributed by atoms with van der Waals surface area (Å²) in [7, 11) is -4.65. The molecule has 1 saturated heterocycles. The van der Waals surface area contributed by atoms with Gasteiger partial charge in [-0.3, -0.25) is 0 Å². The summed E-state index contributed by atoms with van der Waals surface area (Å²) in [5.74, 6) is 0. The zero-order valence-electron chi connectivity index (χ0n) is 28.7. The maximum atomic E-state index is 11.9. The molecule has 1 aliphatic heterocycles. The van der Waals surface area contributed by atoms with Gasteiger partial charge in [-0.05, 0) is 30.8 Å². The van der Waals surface area contributed by atoms with E-state index >= 15 is 0 Å². The topological polar surface area (TPSA) is 77.4 Å². The molecule has 5 atom stereocenters. The predicted octanol–water partition coefficient (Wildman–Crippen LogP) is 4.60. The second-order valence-electron chi connectivity index (χ2n) is 14.5. The monoisotopic (exact) mass is 670 g/mol. The van der Waals surface area contributed by atoms with Crippen LogP contribution < -0.4 is 20.7 Å². The quantitative estimate of drug-likeness (QED) is 0.240. The third-order valence-electron chi connectivity index (χ3n) is 9.48. The highest BCUT2D eigenvalue weighted by Crippen LogP contribution is 2.41. The molecule has 5 rings (SSSR count). The summed E-state index contributed by atoms with van der Waals surface area (Å²) in [5, 5.41) is 27.0. The van der Waals surface area contributed by atoms with Crippen molar-refractivity contribution < 1.29 is 28.5 Å². The summed E-state index contributed by atoms with van der Waals surface area (Å²) >= 11 is 0. The average Bonchev–Trinajstić information content (AvgIpc) is 3.07. The third kappa shape index (κ3) is 6.71. The van der Waals surface area contributed by atoms with Gasteiger partial charge >= 0.3 is 0 Å². The number of aliphatic hydroxyl groups is 2. The van der Waals surface area contributed by atoms with Gasteiger partial charge in [0.1, 0.15) is 24.4 Å². The van der Waals surface area contributed by atoms with Crippen LogP contribution >= 0.6 is 0 Å². The molecule has 250 valence electrons. The van der Waals surface area contributed by atoms with E-state index in [1.54, 1.807) is 0 Å². The molecule has 1 heterocycles. The lowest BCUT2D eigenvalue weighted by Gasteiger charge is -2.51. The maximum absolute atomic E-state index is 11.9. The lowest BCUT2D eigenvalue weighted by atomic mass is 9.99. The maximum Gasteiger partial charge on any atom is 0.261 e. The molecule has 8 heteroatoms. The van der Waals surface area contributed by atoms with E-state index in [-0.39, 0.29) is 16.7 Å². The van der Waals surface area contributed by atoms with Gasteiger partial charge in [0.25, 0.3) is 16.6 Å². The fourth-order valence-electron chi connectivity index (χ4n) is 7.24. The van der Waals surface area contributed by atoms with Crippen LogP contribution in [0, 0.1) is 0 Å². The summed E-state index contributed by atoms with van der Waals surface area (Å²) < 4.78 is 26.8. The fraction of sp³-hybridized carbons (Fsp3) is 0.385. The predicted molar refractivity (Wildman–Crippen MR) is 194 cm³/mol. The van der Waals surface area contributed by atoms with Crippen molar-refractivity contribution in [3.8, 4) is 0 Å². The summed E-state index contributed by atoms with van der Waals surface area (Å²) in [5.41, 5.74) is 0. The molecule has 6 nitrogen and oxygen atoms in total. The van der Waals surface area contributed by atoms with Crippen LogP contribution in [0.15, 0.2) is 121 Å². The number of ether oxygens (including phenoxy) is 2. The molecular weight excluding hydrogens is 621 g/mol. The minimum atomic E-state index is -3.16. The van der Waals surface area contributed by atoms with Gasteiger partial charge < -0.3 is 28.5 Å². The number of hydrogen-bond donors (Lipinski definition) is 2. The van der Waals surface area contributed by atoms with E-state index in [1.807, 2.05) is 48.5 Å². The van der Waals surface area contributed by atoms with E-state index in [2.05, 4.69) is 114 Å². The number of rotatable bonds is 10. The van der Waals surface area contributed by atoms with E-state index in [0.29, 0.717) is 0 Å². The number of aliphatic hydroxyl groups excluding tert-OH is 2. The normalized spacial score (nSPS) is 22.6. The molecule has 1 aliphatic rings. The average molecular weight is 671 g/mol. The first-order valence-electron chi connectivity index (χ1n) is 16.4. The number of benzene rings is 4. The van der Waals surface area contributed by atoms with Crippen molar-refractivity contribution in [1.29, 1.82) is 0 Å². The minimum Gasteiger partial charge on any atom is -0.405 e. The lowest BCUT2D eigenvalue weighted by Crippen LogP contribution is -2.72. The van der Waals surface area contributed by atoms with Gasteiger partial charge in [-0.1, -0.05) is 163 Å². The van der Waals surface area contributed by atoms with E-state index in [9.17, 15) is 10.2 Å². The molecular formula is C39H50O6Si2. The molecule has 0 aromatic heterocycles. The van der Waals surface area contributed by atoms with E-state index in [0.717, 1.165) is 20.7 Å². The number of hydrogen-bond acceptors (Lipinski definition) is 6. The number of methoxy groups -OCH3 is 1. The second kappa shape index (κ2) is 14.3. The first-order valence-corrected chi connectivity index (χ1v) is 20.3. The molecule has 0 spiro atoms. The Balaban J connectivity index is 1.64. The van der Waals surface area contributed by atoms with Crippen molar-refractivity contribution in [3.63, 3.8) is 0 Å². The summed E-state index contributed by atoms with van der Waals surface area (Å²) in [4.78, 5) is 0. The van der Waals surface area contributed by atoms with Crippen LogP contribution in [0.2, 0.25) is 10.1 Å². The molecule has 4 aromatic carbocycles. The van der Waals surface area contributed by atoms with Crippen LogP contribution in [-0.4, -0.2) is 71.3 Å². The Bertz CT molecular complexity index is 1460. The second-order valence-corrected chi connectivity index (χ2v) is 23.0. The van der Waals surface area contributed by atoms with Crippen LogP contribution in [0.1, 0.15) is 41.5 Å². The van der Waals surface area contributed by atoms with Crippen LogP contribution in [0.3, 0.4) is 0 Å². The highest BCUT2D eigenvalue weighted by atomic mass is 28.4. The zero-order chi connectivity index (χ0) is 33.9. The SMILES string of the molecule is CO[C@H]1O[C@H](CO[Si](c2ccccc2)(c2ccccc2)C(C)(C)C)[C@@H](O[Si](c2ccccc2)(c2ccccc2)C(C)(C)C)[C@H](O)[C@@H]1O. The third-order valence-corrected chi connectivity index (χ3v) is 19.5. The van der Waals surface area contributed by atoms with Gasteiger partial charge in [-0.15, -0.1) is 0 Å². The highest BCUT2D eigenvalue weighted by molar-refractivity contribution is 7.00. The molecule has 0 aliphatic carbocycles. The molecule has 0 amide bonds. The Morgan fingerprint density at radius 2 is 0.936 bits per heavy atom. The zero-order valence-corrected chi connectivity index (χ0v) is 30.7. The Hall–Kier alpha value is -2.93. The Labute approximate surface area is 282 Å². The molecule has 4 aromatic rings. The Morgan fingerprint density at radius 1 is 0.574 bits per heavy atom. The molecule has 47 heavy (non-hydrogen) atoms. The van der Waals surface area contributed by atoms with Gasteiger partial charge in [0.05, 0.1) is 6.61 Å². The first-order chi connectivity index (χ1) is 22.4. The van der Waals surface area contributed by atoms with Crippen molar-refractivity contribution in [1.82, 2.24) is 0 Å². The minimum absolute atomic E-state index is 0.125.